The molecular weight excluding hydrogens is 382 g/mol. The number of carbonyl (C=O) groups is 2. The Morgan fingerprint density at radius 3 is 2.54 bits per heavy atom. The first-order valence-electron chi connectivity index (χ1n) is 6.91. The number of halogens is 1. The van der Waals surface area contributed by atoms with E-state index in [1.165, 1.54) is 13.1 Å². The van der Waals surface area contributed by atoms with Gasteiger partial charge in [-0.1, -0.05) is 15.9 Å². The van der Waals surface area contributed by atoms with Gasteiger partial charge in [-0.2, -0.15) is 0 Å². The quantitative estimate of drug-likeness (QED) is 0.729. The van der Waals surface area contributed by atoms with Crippen molar-refractivity contribution in [3.05, 3.63) is 61.8 Å². The van der Waals surface area contributed by atoms with Crippen LogP contribution in [-0.4, -0.2) is 27.5 Å². The van der Waals surface area contributed by atoms with Crippen molar-refractivity contribution in [3.8, 4) is 0 Å². The average Bonchev–Trinajstić information content (AvgIpc) is 2.52. The average molecular weight is 396 g/mol. The summed E-state index contributed by atoms with van der Waals surface area (Å²) < 4.78 is 6.83. The maximum atomic E-state index is 12.0. The van der Waals surface area contributed by atoms with E-state index in [2.05, 4.69) is 21.2 Å². The van der Waals surface area contributed by atoms with Gasteiger partial charge < -0.3 is 10.1 Å². The number of amides is 1. The molecule has 9 heteroatoms. The lowest BCUT2D eigenvalue weighted by molar-refractivity contribution is -0.153. The minimum absolute atomic E-state index is 0.411. The van der Waals surface area contributed by atoms with Crippen molar-refractivity contribution in [1.82, 2.24) is 9.55 Å². The molecule has 0 aliphatic carbocycles. The van der Waals surface area contributed by atoms with Crippen LogP contribution < -0.4 is 16.6 Å². The molecule has 0 fully saturated rings. The van der Waals surface area contributed by atoms with Crippen LogP contribution in [0.5, 0.6) is 0 Å². The second kappa shape index (κ2) is 7.73. The van der Waals surface area contributed by atoms with Crippen LogP contribution in [0.3, 0.4) is 0 Å². The maximum Gasteiger partial charge on any atom is 0.328 e. The monoisotopic (exact) mass is 395 g/mol. The van der Waals surface area contributed by atoms with E-state index in [1.807, 2.05) is 4.98 Å². The number of hydrogen-bond acceptors (Lipinski definition) is 5. The fourth-order valence-electron chi connectivity index (χ4n) is 1.77. The summed E-state index contributed by atoms with van der Waals surface area (Å²) in [7, 11) is 0. The molecule has 2 aromatic rings. The van der Waals surface area contributed by atoms with Crippen molar-refractivity contribution in [1.29, 1.82) is 0 Å². The molecule has 1 atom stereocenters. The van der Waals surface area contributed by atoms with Crippen molar-refractivity contribution in [2.45, 2.75) is 19.6 Å². The van der Waals surface area contributed by atoms with Crippen LogP contribution in [-0.2, 0) is 20.9 Å². The number of aromatic amines is 1. The molecule has 0 saturated heterocycles. The van der Waals surface area contributed by atoms with Crippen LogP contribution in [0.15, 0.2) is 50.6 Å². The summed E-state index contributed by atoms with van der Waals surface area (Å²) in [6, 6.07) is 8.01. The zero-order valence-electron chi connectivity index (χ0n) is 12.6. The zero-order valence-corrected chi connectivity index (χ0v) is 14.2. The SMILES string of the molecule is C[C@@H](OC(=O)Cn1ccc(=O)[nH]c1=O)C(=O)Nc1ccc(Br)cc1. The second-order valence-electron chi connectivity index (χ2n) is 4.87. The summed E-state index contributed by atoms with van der Waals surface area (Å²) in [6.45, 7) is 1.01. The Labute approximate surface area is 144 Å². The number of nitrogens with one attached hydrogen (secondary N) is 2. The first-order valence-corrected chi connectivity index (χ1v) is 7.70. The fourth-order valence-corrected chi connectivity index (χ4v) is 2.04. The molecule has 0 saturated carbocycles. The first kappa shape index (κ1) is 17.7. The Morgan fingerprint density at radius 1 is 1.25 bits per heavy atom. The Morgan fingerprint density at radius 2 is 1.92 bits per heavy atom. The molecule has 1 aromatic heterocycles. The van der Waals surface area contributed by atoms with E-state index in [1.54, 1.807) is 24.3 Å². The molecule has 24 heavy (non-hydrogen) atoms. The van der Waals surface area contributed by atoms with Gasteiger partial charge >= 0.3 is 11.7 Å². The predicted octanol–water partition coefficient (Wildman–Crippen LogP) is 0.869. The Bertz CT molecular complexity index is 856. The van der Waals surface area contributed by atoms with Crippen molar-refractivity contribution in [3.63, 3.8) is 0 Å². The van der Waals surface area contributed by atoms with Gasteiger partial charge in [0, 0.05) is 22.4 Å². The highest BCUT2D eigenvalue weighted by Gasteiger charge is 2.18. The Hall–Kier alpha value is -2.68. The van der Waals surface area contributed by atoms with E-state index in [4.69, 9.17) is 4.74 Å². The van der Waals surface area contributed by atoms with Gasteiger partial charge in [-0.25, -0.2) is 4.79 Å². The number of anilines is 1. The molecule has 8 nitrogen and oxygen atoms in total. The van der Waals surface area contributed by atoms with E-state index >= 15 is 0 Å². The van der Waals surface area contributed by atoms with Crippen molar-refractivity contribution >= 4 is 33.5 Å². The summed E-state index contributed by atoms with van der Waals surface area (Å²) in [5, 5.41) is 2.60. The summed E-state index contributed by atoms with van der Waals surface area (Å²) >= 11 is 3.28. The predicted molar refractivity (Wildman–Crippen MR) is 89.6 cm³/mol. The lowest BCUT2D eigenvalue weighted by atomic mass is 10.3. The van der Waals surface area contributed by atoms with Gasteiger partial charge in [-0.15, -0.1) is 0 Å². The molecule has 1 amide bonds. The normalized spacial score (nSPS) is 11.6. The smallest absolute Gasteiger partial charge is 0.328 e. The van der Waals surface area contributed by atoms with E-state index < -0.39 is 35.8 Å². The highest BCUT2D eigenvalue weighted by Crippen LogP contribution is 2.14. The van der Waals surface area contributed by atoms with E-state index in [9.17, 15) is 19.2 Å². The van der Waals surface area contributed by atoms with E-state index in [-0.39, 0.29) is 0 Å². The van der Waals surface area contributed by atoms with Crippen LogP contribution >= 0.6 is 15.9 Å². The van der Waals surface area contributed by atoms with Crippen LogP contribution in [0.4, 0.5) is 5.69 Å². The van der Waals surface area contributed by atoms with Gasteiger partial charge in [0.1, 0.15) is 6.54 Å². The fraction of sp³-hybridized carbons (Fsp3) is 0.200. The van der Waals surface area contributed by atoms with E-state index in [0.29, 0.717) is 5.69 Å². The van der Waals surface area contributed by atoms with Crippen molar-refractivity contribution in [2.24, 2.45) is 0 Å². The molecule has 2 N–H and O–H groups in total. The lowest BCUT2D eigenvalue weighted by Crippen LogP contribution is -2.34. The second-order valence-corrected chi connectivity index (χ2v) is 5.78. The zero-order chi connectivity index (χ0) is 17.7. The number of H-pyrrole nitrogens is 1. The summed E-state index contributed by atoms with van der Waals surface area (Å²) in [5.41, 5.74) is -0.735. The minimum atomic E-state index is -1.04. The van der Waals surface area contributed by atoms with Gasteiger partial charge in [0.05, 0.1) is 0 Å². The third kappa shape index (κ3) is 4.92. The number of rotatable bonds is 5. The van der Waals surface area contributed by atoms with Crippen LogP contribution in [0.2, 0.25) is 0 Å². The number of hydrogen-bond donors (Lipinski definition) is 2. The van der Waals surface area contributed by atoms with Crippen molar-refractivity contribution < 1.29 is 14.3 Å². The van der Waals surface area contributed by atoms with Crippen LogP contribution in [0.1, 0.15) is 6.92 Å². The lowest BCUT2D eigenvalue weighted by Gasteiger charge is -2.14. The molecule has 0 bridgehead atoms. The van der Waals surface area contributed by atoms with Gasteiger partial charge in [0.15, 0.2) is 6.10 Å². The number of carbonyl (C=O) groups excluding carboxylic acids is 2. The van der Waals surface area contributed by atoms with Gasteiger partial charge in [0.25, 0.3) is 11.5 Å². The van der Waals surface area contributed by atoms with Crippen molar-refractivity contribution in [2.75, 3.05) is 5.32 Å². The molecule has 0 aliphatic heterocycles. The molecule has 2 rings (SSSR count). The number of benzene rings is 1. The third-order valence-electron chi connectivity index (χ3n) is 2.99. The molecule has 0 spiro atoms. The molecule has 0 unspecified atom stereocenters. The summed E-state index contributed by atoms with van der Waals surface area (Å²) in [4.78, 5) is 48.2. The van der Waals surface area contributed by atoms with E-state index in [0.717, 1.165) is 15.1 Å². The molecule has 1 heterocycles. The highest BCUT2D eigenvalue weighted by molar-refractivity contribution is 9.10. The van der Waals surface area contributed by atoms with Crippen LogP contribution in [0.25, 0.3) is 0 Å². The molecular formula is C15H14BrN3O5. The number of esters is 1. The third-order valence-corrected chi connectivity index (χ3v) is 3.51. The minimum Gasteiger partial charge on any atom is -0.451 e. The first-order chi connectivity index (χ1) is 11.3. The van der Waals surface area contributed by atoms with Gasteiger partial charge in [0.2, 0.25) is 0 Å². The number of ether oxygens (including phenoxy) is 1. The topological polar surface area (TPSA) is 110 Å². The summed E-state index contributed by atoms with van der Waals surface area (Å²) in [6.07, 6.45) is 0.134. The van der Waals surface area contributed by atoms with Gasteiger partial charge in [-0.3, -0.25) is 23.9 Å². The number of aromatic nitrogens is 2. The highest BCUT2D eigenvalue weighted by atomic mass is 79.9. The molecule has 0 aliphatic rings. The molecule has 126 valence electrons. The largest absolute Gasteiger partial charge is 0.451 e. The molecule has 0 radical (unpaired) electrons. The Kier molecular flexibility index (Phi) is 5.69. The standard InChI is InChI=1S/C15H14BrN3O5/c1-9(14(22)17-11-4-2-10(16)3-5-11)24-13(21)8-19-7-6-12(20)18-15(19)23/h2-7,9H,8H2,1H3,(H,17,22)(H,18,20,23)/t9-/m1/s1. The van der Waals surface area contributed by atoms with Gasteiger partial charge in [-0.05, 0) is 31.2 Å². The van der Waals surface area contributed by atoms with Crippen LogP contribution in [0, 0.1) is 0 Å². The Balaban J connectivity index is 1.92. The maximum absolute atomic E-state index is 12.0. The molecule has 1 aromatic carbocycles. The summed E-state index contributed by atoms with van der Waals surface area (Å²) in [5.74, 6) is -1.28. The number of nitrogens with zero attached hydrogens (tertiary/aromatic N) is 1.